The number of carboxylic acids is 1. The Labute approximate surface area is 111 Å². The number of carboxylic acid groups (broad SMARTS) is 1. The zero-order valence-corrected chi connectivity index (χ0v) is 11.0. The summed E-state index contributed by atoms with van der Waals surface area (Å²) in [6.07, 6.45) is 2.62. The lowest BCUT2D eigenvalue weighted by Gasteiger charge is -2.37. The van der Waals surface area contributed by atoms with Gasteiger partial charge >= 0.3 is 11.9 Å². The van der Waals surface area contributed by atoms with Crippen molar-refractivity contribution in [3.63, 3.8) is 0 Å². The number of rotatable bonds is 7. The first-order valence-electron chi connectivity index (χ1n) is 6.24. The summed E-state index contributed by atoms with van der Waals surface area (Å²) >= 11 is 0. The monoisotopic (exact) mass is 272 g/mol. The van der Waals surface area contributed by atoms with Crippen LogP contribution >= 0.6 is 0 Å². The number of carbonyl (C=O) groups is 3. The summed E-state index contributed by atoms with van der Waals surface area (Å²) in [7, 11) is 1.23. The van der Waals surface area contributed by atoms with Crippen LogP contribution in [0.15, 0.2) is 0 Å². The van der Waals surface area contributed by atoms with Crippen LogP contribution in [0.3, 0.4) is 0 Å². The fourth-order valence-electron chi connectivity index (χ4n) is 1.99. The van der Waals surface area contributed by atoms with E-state index in [4.69, 9.17) is 10.8 Å². The molecule has 1 rings (SSSR count). The number of amides is 1. The molecule has 0 aliphatic heterocycles. The smallest absolute Gasteiger partial charge is 0.326 e. The van der Waals surface area contributed by atoms with Crippen LogP contribution in [0.5, 0.6) is 0 Å². The van der Waals surface area contributed by atoms with E-state index in [-0.39, 0.29) is 25.2 Å². The van der Waals surface area contributed by atoms with Gasteiger partial charge < -0.3 is 20.9 Å². The zero-order chi connectivity index (χ0) is 14.5. The molecule has 0 aromatic rings. The van der Waals surface area contributed by atoms with Crippen molar-refractivity contribution in [1.29, 1.82) is 0 Å². The van der Waals surface area contributed by atoms with E-state index in [1.807, 2.05) is 0 Å². The largest absolute Gasteiger partial charge is 0.480 e. The summed E-state index contributed by atoms with van der Waals surface area (Å²) in [6, 6.07) is -1.09. The summed E-state index contributed by atoms with van der Waals surface area (Å²) in [5, 5.41) is 11.4. The highest BCUT2D eigenvalue weighted by Gasteiger charge is 2.35. The lowest BCUT2D eigenvalue weighted by atomic mass is 9.75. The molecule has 1 atom stereocenters. The first-order valence-corrected chi connectivity index (χ1v) is 6.24. The standard InChI is InChI=1S/C12H20N2O5/c1-19-10(16)4-3-8(11(17)18)14-9(15)7-12(13)5-2-6-12/h8H,2-7,13H2,1H3,(H,14,15)(H,17,18)/t8-/m0/s1. The molecule has 0 heterocycles. The van der Waals surface area contributed by atoms with Crippen LogP contribution in [0.4, 0.5) is 0 Å². The Balaban J connectivity index is 2.41. The molecule has 7 heteroatoms. The molecule has 7 nitrogen and oxygen atoms in total. The first kappa shape index (κ1) is 15.4. The quantitative estimate of drug-likeness (QED) is 0.551. The van der Waals surface area contributed by atoms with Gasteiger partial charge in [-0.3, -0.25) is 9.59 Å². The van der Waals surface area contributed by atoms with Gasteiger partial charge in [0.25, 0.3) is 0 Å². The first-order chi connectivity index (χ1) is 8.86. The summed E-state index contributed by atoms with van der Waals surface area (Å²) in [5.41, 5.74) is 5.43. The molecule has 1 saturated carbocycles. The number of esters is 1. The van der Waals surface area contributed by atoms with Crippen molar-refractivity contribution in [1.82, 2.24) is 5.32 Å². The Hall–Kier alpha value is -1.63. The van der Waals surface area contributed by atoms with Crippen molar-refractivity contribution < 1.29 is 24.2 Å². The maximum absolute atomic E-state index is 11.7. The van der Waals surface area contributed by atoms with Gasteiger partial charge in [0, 0.05) is 18.4 Å². The van der Waals surface area contributed by atoms with Gasteiger partial charge in [0.15, 0.2) is 0 Å². The molecule has 19 heavy (non-hydrogen) atoms. The van der Waals surface area contributed by atoms with Crippen LogP contribution in [-0.4, -0.2) is 41.6 Å². The normalized spacial score (nSPS) is 18.0. The molecule has 1 fully saturated rings. The predicted molar refractivity (Wildman–Crippen MR) is 66.2 cm³/mol. The van der Waals surface area contributed by atoms with Gasteiger partial charge in [0.2, 0.25) is 5.91 Å². The maximum atomic E-state index is 11.7. The Bertz CT molecular complexity index is 365. The van der Waals surface area contributed by atoms with E-state index in [1.165, 1.54) is 7.11 Å². The molecule has 4 N–H and O–H groups in total. The molecule has 0 bridgehead atoms. The Morgan fingerprint density at radius 2 is 2.05 bits per heavy atom. The SMILES string of the molecule is COC(=O)CC[C@H](NC(=O)CC1(N)CCC1)C(=O)O. The second kappa shape index (κ2) is 6.51. The molecule has 0 unspecified atom stereocenters. The summed E-state index contributed by atoms with van der Waals surface area (Å²) < 4.78 is 4.43. The second-order valence-corrected chi connectivity index (χ2v) is 4.97. The predicted octanol–water partition coefficient (Wildman–Crippen LogP) is -0.219. The van der Waals surface area contributed by atoms with Gasteiger partial charge in [-0.25, -0.2) is 4.79 Å². The van der Waals surface area contributed by atoms with Crippen LogP contribution < -0.4 is 11.1 Å². The van der Waals surface area contributed by atoms with E-state index < -0.39 is 23.5 Å². The van der Waals surface area contributed by atoms with Crippen LogP contribution in [0.2, 0.25) is 0 Å². The summed E-state index contributed by atoms with van der Waals surface area (Å²) in [4.78, 5) is 33.7. The van der Waals surface area contributed by atoms with Gasteiger partial charge in [-0.1, -0.05) is 0 Å². The number of hydrogen-bond donors (Lipinski definition) is 3. The Kier molecular flexibility index (Phi) is 5.29. The van der Waals surface area contributed by atoms with Gasteiger partial charge in [-0.15, -0.1) is 0 Å². The van der Waals surface area contributed by atoms with Crippen LogP contribution in [0.25, 0.3) is 0 Å². The van der Waals surface area contributed by atoms with Gasteiger partial charge in [-0.2, -0.15) is 0 Å². The summed E-state index contributed by atoms with van der Waals surface area (Å²) in [6.45, 7) is 0. The molecule has 0 aromatic heterocycles. The topological polar surface area (TPSA) is 119 Å². The van der Waals surface area contributed by atoms with E-state index in [9.17, 15) is 14.4 Å². The molecule has 0 spiro atoms. The lowest BCUT2D eigenvalue weighted by Crippen LogP contribution is -2.52. The maximum Gasteiger partial charge on any atom is 0.326 e. The van der Waals surface area contributed by atoms with Crippen molar-refractivity contribution in [3.8, 4) is 0 Å². The molecule has 0 saturated heterocycles. The minimum Gasteiger partial charge on any atom is -0.480 e. The van der Waals surface area contributed by atoms with Crippen molar-refractivity contribution >= 4 is 17.8 Å². The van der Waals surface area contributed by atoms with E-state index >= 15 is 0 Å². The molecular weight excluding hydrogens is 252 g/mol. The van der Waals surface area contributed by atoms with Gasteiger partial charge in [0.1, 0.15) is 6.04 Å². The van der Waals surface area contributed by atoms with Crippen molar-refractivity contribution in [3.05, 3.63) is 0 Å². The van der Waals surface area contributed by atoms with Gasteiger partial charge in [-0.05, 0) is 25.7 Å². The van der Waals surface area contributed by atoms with Crippen LogP contribution in [0.1, 0.15) is 38.5 Å². The average molecular weight is 272 g/mol. The Morgan fingerprint density at radius 1 is 1.42 bits per heavy atom. The number of nitrogens with one attached hydrogen (secondary N) is 1. The number of carbonyl (C=O) groups excluding carboxylic acids is 2. The highest BCUT2D eigenvalue weighted by molar-refractivity contribution is 5.84. The highest BCUT2D eigenvalue weighted by Crippen LogP contribution is 2.31. The molecule has 0 radical (unpaired) electrons. The van der Waals surface area contributed by atoms with Crippen molar-refractivity contribution in [2.24, 2.45) is 5.73 Å². The number of hydrogen-bond acceptors (Lipinski definition) is 5. The van der Waals surface area contributed by atoms with E-state index in [0.29, 0.717) is 0 Å². The van der Waals surface area contributed by atoms with Crippen molar-refractivity contribution in [2.45, 2.75) is 50.1 Å². The fraction of sp³-hybridized carbons (Fsp3) is 0.750. The molecule has 1 aliphatic carbocycles. The lowest BCUT2D eigenvalue weighted by molar-refractivity contribution is -0.144. The van der Waals surface area contributed by atoms with Crippen LogP contribution in [-0.2, 0) is 19.1 Å². The third kappa shape index (κ3) is 4.86. The molecule has 108 valence electrons. The molecule has 1 aliphatic rings. The fourth-order valence-corrected chi connectivity index (χ4v) is 1.99. The van der Waals surface area contributed by atoms with Gasteiger partial charge in [0.05, 0.1) is 7.11 Å². The molecular formula is C12H20N2O5. The minimum absolute atomic E-state index is 0.00528. The highest BCUT2D eigenvalue weighted by atomic mass is 16.5. The third-order valence-electron chi connectivity index (χ3n) is 3.36. The molecule has 0 aromatic carbocycles. The number of nitrogens with two attached hydrogens (primary N) is 1. The third-order valence-corrected chi connectivity index (χ3v) is 3.36. The minimum atomic E-state index is -1.17. The van der Waals surface area contributed by atoms with E-state index in [1.54, 1.807) is 0 Å². The van der Waals surface area contributed by atoms with E-state index in [0.717, 1.165) is 19.3 Å². The average Bonchev–Trinajstić information content (AvgIpc) is 2.31. The van der Waals surface area contributed by atoms with Crippen molar-refractivity contribution in [2.75, 3.05) is 7.11 Å². The second-order valence-electron chi connectivity index (χ2n) is 4.97. The number of methoxy groups -OCH3 is 1. The summed E-state index contributed by atoms with van der Waals surface area (Å²) in [5.74, 6) is -2.06. The number of ether oxygens (including phenoxy) is 1. The van der Waals surface area contributed by atoms with Crippen LogP contribution in [0, 0.1) is 0 Å². The van der Waals surface area contributed by atoms with E-state index in [2.05, 4.69) is 10.1 Å². The molecule has 1 amide bonds. The zero-order valence-electron chi connectivity index (χ0n) is 11.0. The number of aliphatic carboxylic acids is 1. The Morgan fingerprint density at radius 3 is 2.47 bits per heavy atom.